The summed E-state index contributed by atoms with van der Waals surface area (Å²) in [6, 6.07) is 9.75. The predicted octanol–water partition coefficient (Wildman–Crippen LogP) is 3.66. The van der Waals surface area contributed by atoms with Gasteiger partial charge in [-0.3, -0.25) is 9.59 Å². The van der Waals surface area contributed by atoms with Crippen molar-refractivity contribution in [2.75, 3.05) is 6.61 Å². The second-order valence-corrected chi connectivity index (χ2v) is 8.74. The molecule has 4 rings (SSSR count). The van der Waals surface area contributed by atoms with Crippen molar-refractivity contribution in [3.8, 4) is 6.07 Å². The Morgan fingerprint density at radius 1 is 1.35 bits per heavy atom. The largest absolute Gasteiger partial charge is 0.465 e. The lowest BCUT2D eigenvalue weighted by Gasteiger charge is -2.37. The SMILES string of the molecule is CCOC(=O)Cn1cc([C@H]2C(C#N)=C(N)OC3=C2C(=O)CC(C)(C)C3)c2ccccc21. The summed E-state index contributed by atoms with van der Waals surface area (Å²) in [5, 5.41) is 10.7. The molecule has 1 aromatic carbocycles. The number of hydrogen-bond acceptors (Lipinski definition) is 6. The molecule has 0 bridgehead atoms. The molecule has 1 aromatic heterocycles. The number of nitriles is 1. The fourth-order valence-electron chi connectivity index (χ4n) is 4.58. The first-order valence-electron chi connectivity index (χ1n) is 10.3. The normalized spacial score (nSPS) is 20.3. The van der Waals surface area contributed by atoms with Crippen molar-refractivity contribution in [3.63, 3.8) is 0 Å². The summed E-state index contributed by atoms with van der Waals surface area (Å²) in [4.78, 5) is 25.4. The van der Waals surface area contributed by atoms with E-state index in [0.717, 1.165) is 16.5 Å². The van der Waals surface area contributed by atoms with Gasteiger partial charge in [-0.25, -0.2) is 0 Å². The van der Waals surface area contributed by atoms with E-state index in [0.29, 0.717) is 30.8 Å². The average molecular weight is 419 g/mol. The number of esters is 1. The fourth-order valence-corrected chi connectivity index (χ4v) is 4.58. The smallest absolute Gasteiger partial charge is 0.325 e. The Hall–Kier alpha value is -3.53. The number of ether oxygens (including phenoxy) is 2. The Labute approximate surface area is 180 Å². The number of nitrogens with zero attached hydrogens (tertiary/aromatic N) is 2. The molecule has 160 valence electrons. The molecule has 0 fully saturated rings. The maximum Gasteiger partial charge on any atom is 0.325 e. The molecule has 2 heterocycles. The number of aromatic nitrogens is 1. The number of Topliss-reactive ketones (excluding diaryl/α,β-unsaturated/α-hetero) is 1. The molecular formula is C24H25N3O4. The van der Waals surface area contributed by atoms with Crippen molar-refractivity contribution >= 4 is 22.7 Å². The number of allylic oxidation sites excluding steroid dienone is 3. The van der Waals surface area contributed by atoms with E-state index < -0.39 is 5.92 Å². The Bertz CT molecular complexity index is 1190. The lowest BCUT2D eigenvalue weighted by atomic mass is 9.70. The first-order valence-corrected chi connectivity index (χ1v) is 10.3. The molecular weight excluding hydrogens is 394 g/mol. The van der Waals surface area contributed by atoms with Crippen molar-refractivity contribution in [1.82, 2.24) is 4.57 Å². The summed E-state index contributed by atoms with van der Waals surface area (Å²) in [6.45, 7) is 6.11. The molecule has 7 nitrogen and oxygen atoms in total. The van der Waals surface area contributed by atoms with Gasteiger partial charge in [-0.2, -0.15) is 5.26 Å². The highest BCUT2D eigenvalue weighted by atomic mass is 16.5. The van der Waals surface area contributed by atoms with E-state index in [1.54, 1.807) is 11.5 Å². The molecule has 31 heavy (non-hydrogen) atoms. The number of hydrogen-bond donors (Lipinski definition) is 1. The van der Waals surface area contributed by atoms with Crippen molar-refractivity contribution in [2.24, 2.45) is 11.1 Å². The number of ketones is 1. The minimum Gasteiger partial charge on any atom is -0.465 e. The summed E-state index contributed by atoms with van der Waals surface area (Å²) in [7, 11) is 0. The summed E-state index contributed by atoms with van der Waals surface area (Å²) >= 11 is 0. The van der Waals surface area contributed by atoms with Crippen LogP contribution in [0.5, 0.6) is 0 Å². The topological polar surface area (TPSA) is 107 Å². The highest BCUT2D eigenvalue weighted by Gasteiger charge is 2.43. The molecule has 7 heteroatoms. The molecule has 0 unspecified atom stereocenters. The van der Waals surface area contributed by atoms with Crippen molar-refractivity contribution < 1.29 is 19.1 Å². The van der Waals surface area contributed by atoms with E-state index in [-0.39, 0.29) is 35.2 Å². The summed E-state index contributed by atoms with van der Waals surface area (Å²) in [5.41, 5.74) is 8.17. The Kier molecular flexibility index (Phi) is 5.10. The maximum absolute atomic E-state index is 13.2. The molecule has 0 amide bonds. The number of benzene rings is 1. The van der Waals surface area contributed by atoms with Crippen LogP contribution in [0.3, 0.4) is 0 Å². The summed E-state index contributed by atoms with van der Waals surface area (Å²) in [6.07, 6.45) is 2.75. The molecule has 0 saturated heterocycles. The highest BCUT2D eigenvalue weighted by Crippen LogP contribution is 2.49. The first kappa shape index (κ1) is 20.7. The molecule has 0 saturated carbocycles. The quantitative estimate of drug-likeness (QED) is 0.758. The van der Waals surface area contributed by atoms with Crippen LogP contribution in [0.25, 0.3) is 10.9 Å². The third-order valence-electron chi connectivity index (χ3n) is 5.81. The van der Waals surface area contributed by atoms with Crippen LogP contribution in [0.2, 0.25) is 0 Å². The zero-order valence-electron chi connectivity index (χ0n) is 17.9. The van der Waals surface area contributed by atoms with Crippen molar-refractivity contribution in [1.29, 1.82) is 5.26 Å². The van der Waals surface area contributed by atoms with E-state index in [1.165, 1.54) is 0 Å². The summed E-state index contributed by atoms with van der Waals surface area (Å²) in [5.74, 6) is -0.471. The van der Waals surface area contributed by atoms with Gasteiger partial charge < -0.3 is 19.8 Å². The number of carbonyl (C=O) groups is 2. The van der Waals surface area contributed by atoms with Crippen LogP contribution < -0.4 is 5.73 Å². The number of para-hydroxylation sites is 1. The lowest BCUT2D eigenvalue weighted by Crippen LogP contribution is -2.33. The van der Waals surface area contributed by atoms with Gasteiger partial charge in [0.15, 0.2) is 5.78 Å². The molecule has 1 aliphatic heterocycles. The van der Waals surface area contributed by atoms with Gasteiger partial charge in [-0.15, -0.1) is 0 Å². The zero-order chi connectivity index (χ0) is 22.3. The van der Waals surface area contributed by atoms with Crippen LogP contribution in [0.15, 0.2) is 53.3 Å². The van der Waals surface area contributed by atoms with E-state index in [1.807, 2.05) is 44.3 Å². The molecule has 0 spiro atoms. The van der Waals surface area contributed by atoms with Crippen molar-refractivity contribution in [3.05, 3.63) is 58.8 Å². The Balaban J connectivity index is 1.91. The predicted molar refractivity (Wildman–Crippen MR) is 114 cm³/mol. The van der Waals surface area contributed by atoms with Crippen LogP contribution >= 0.6 is 0 Å². The van der Waals surface area contributed by atoms with Gasteiger partial charge in [-0.05, 0) is 24.0 Å². The van der Waals surface area contributed by atoms with Crippen molar-refractivity contribution in [2.45, 2.75) is 46.1 Å². The molecule has 2 aromatic rings. The second kappa shape index (κ2) is 7.62. The van der Waals surface area contributed by atoms with E-state index in [4.69, 9.17) is 15.2 Å². The second-order valence-electron chi connectivity index (χ2n) is 8.74. The van der Waals surface area contributed by atoms with Gasteiger partial charge in [0.2, 0.25) is 5.88 Å². The van der Waals surface area contributed by atoms with Crippen LogP contribution in [0.1, 0.15) is 45.1 Å². The Morgan fingerprint density at radius 2 is 2.10 bits per heavy atom. The lowest BCUT2D eigenvalue weighted by molar-refractivity contribution is -0.143. The van der Waals surface area contributed by atoms with E-state index >= 15 is 0 Å². The van der Waals surface area contributed by atoms with Gasteiger partial charge in [0.1, 0.15) is 23.9 Å². The fraction of sp³-hybridized carbons (Fsp3) is 0.375. The Morgan fingerprint density at radius 3 is 2.81 bits per heavy atom. The molecule has 2 aliphatic rings. The average Bonchev–Trinajstić information content (AvgIpc) is 3.04. The number of carbonyl (C=O) groups excluding carboxylic acids is 2. The van der Waals surface area contributed by atoms with Crippen LogP contribution in [0.4, 0.5) is 0 Å². The molecule has 1 atom stereocenters. The van der Waals surface area contributed by atoms with Gasteiger partial charge in [0.25, 0.3) is 0 Å². The van der Waals surface area contributed by atoms with Gasteiger partial charge >= 0.3 is 5.97 Å². The van der Waals surface area contributed by atoms with Crippen LogP contribution in [0, 0.1) is 16.7 Å². The third-order valence-corrected chi connectivity index (χ3v) is 5.81. The van der Waals surface area contributed by atoms with Gasteiger partial charge in [0, 0.05) is 35.5 Å². The van der Waals surface area contributed by atoms with E-state index in [2.05, 4.69) is 6.07 Å². The minimum atomic E-state index is -0.634. The van der Waals surface area contributed by atoms with Gasteiger partial charge in [-0.1, -0.05) is 32.0 Å². The van der Waals surface area contributed by atoms with Crippen LogP contribution in [-0.4, -0.2) is 22.9 Å². The molecule has 1 aliphatic carbocycles. The van der Waals surface area contributed by atoms with Gasteiger partial charge in [0.05, 0.1) is 12.5 Å². The standard InChI is InChI=1S/C24H25N3O4/c1-4-30-20(29)13-27-12-16(14-7-5-6-8-17(14)27)21-15(11-25)23(26)31-19-10-24(2,3)9-18(28)22(19)21/h5-8,12,21H,4,9-10,13,26H2,1-3H3/t21-/m1/s1. The minimum absolute atomic E-state index is 0.0268. The number of rotatable bonds is 4. The van der Waals surface area contributed by atoms with E-state index in [9.17, 15) is 14.9 Å². The maximum atomic E-state index is 13.2. The van der Waals surface area contributed by atoms with Crippen LogP contribution in [-0.2, 0) is 25.6 Å². The monoisotopic (exact) mass is 419 g/mol. The number of fused-ring (bicyclic) bond motifs is 1. The third kappa shape index (κ3) is 3.59. The highest BCUT2D eigenvalue weighted by molar-refractivity contribution is 6.01. The molecule has 2 N–H and O–H groups in total. The number of nitrogens with two attached hydrogens (primary N) is 1. The molecule has 0 radical (unpaired) electrons. The first-order chi connectivity index (χ1) is 14.8. The summed E-state index contributed by atoms with van der Waals surface area (Å²) < 4.78 is 12.7. The zero-order valence-corrected chi connectivity index (χ0v) is 17.9.